The number of carbonyl (C=O) groups is 1. The van der Waals surface area contributed by atoms with Crippen molar-refractivity contribution in [2.45, 2.75) is 38.3 Å². The number of ether oxygens (including phenoxy) is 1. The fourth-order valence-electron chi connectivity index (χ4n) is 4.36. The van der Waals surface area contributed by atoms with Gasteiger partial charge in [-0.3, -0.25) is 4.79 Å². The van der Waals surface area contributed by atoms with E-state index in [0.717, 1.165) is 19.3 Å². The number of hydrogen-bond acceptors (Lipinski definition) is 5. The molecule has 156 valence electrons. The van der Waals surface area contributed by atoms with Gasteiger partial charge in [0, 0.05) is 31.4 Å². The molecule has 1 aliphatic heterocycles. The van der Waals surface area contributed by atoms with Crippen LogP contribution in [0, 0.1) is 11.7 Å². The van der Waals surface area contributed by atoms with Gasteiger partial charge in [-0.2, -0.15) is 0 Å². The van der Waals surface area contributed by atoms with Crippen LogP contribution in [0.4, 0.5) is 10.1 Å². The van der Waals surface area contributed by atoms with Crippen LogP contribution >= 0.6 is 0 Å². The first-order valence-electron chi connectivity index (χ1n) is 9.98. The number of pyridine rings is 1. The molecule has 1 aromatic carbocycles. The first-order chi connectivity index (χ1) is 13.9. The van der Waals surface area contributed by atoms with E-state index in [9.17, 15) is 14.7 Å². The number of aromatic nitrogens is 1. The van der Waals surface area contributed by atoms with Crippen molar-refractivity contribution < 1.29 is 19.0 Å². The van der Waals surface area contributed by atoms with Crippen molar-refractivity contribution in [2.24, 2.45) is 5.92 Å². The molecule has 2 N–H and O–H groups in total. The van der Waals surface area contributed by atoms with Crippen LogP contribution in [0.5, 0.6) is 5.75 Å². The minimum Gasteiger partial charge on any atom is -0.492 e. The van der Waals surface area contributed by atoms with Crippen molar-refractivity contribution in [3.8, 4) is 5.75 Å². The van der Waals surface area contributed by atoms with Gasteiger partial charge in [-0.25, -0.2) is 9.18 Å². The molecule has 2 aliphatic rings. The molecule has 0 bridgehead atoms. The fraction of sp³-hybridized carbons (Fsp3) is 0.524. The van der Waals surface area contributed by atoms with E-state index in [2.05, 4.69) is 12.2 Å². The van der Waals surface area contributed by atoms with Crippen LogP contribution in [-0.4, -0.2) is 48.9 Å². The second-order valence-corrected chi connectivity index (χ2v) is 8.02. The quantitative estimate of drug-likeness (QED) is 0.772. The summed E-state index contributed by atoms with van der Waals surface area (Å²) in [6.07, 6.45) is 4.08. The summed E-state index contributed by atoms with van der Waals surface area (Å²) in [6, 6.07) is 1.58. The zero-order valence-electron chi connectivity index (χ0n) is 16.9. The normalized spacial score (nSPS) is 20.3. The molecule has 0 spiro atoms. The Morgan fingerprint density at radius 2 is 2.10 bits per heavy atom. The number of carboxylic acids is 1. The van der Waals surface area contributed by atoms with Crippen molar-refractivity contribution in [3.05, 3.63) is 33.9 Å². The highest BCUT2D eigenvalue weighted by molar-refractivity contribution is 5.97. The lowest BCUT2D eigenvalue weighted by Gasteiger charge is -2.25. The second-order valence-electron chi connectivity index (χ2n) is 8.02. The van der Waals surface area contributed by atoms with Crippen LogP contribution in [-0.2, 0) is 0 Å². The highest BCUT2D eigenvalue weighted by Crippen LogP contribution is 2.44. The first kappa shape index (κ1) is 19.7. The van der Waals surface area contributed by atoms with Crippen molar-refractivity contribution in [3.63, 3.8) is 0 Å². The Morgan fingerprint density at radius 3 is 2.69 bits per heavy atom. The monoisotopic (exact) mass is 403 g/mol. The molecule has 4 rings (SSSR count). The lowest BCUT2D eigenvalue weighted by Crippen LogP contribution is -2.33. The van der Waals surface area contributed by atoms with Gasteiger partial charge in [0.1, 0.15) is 11.3 Å². The number of carboxylic acid groups (broad SMARTS) is 1. The van der Waals surface area contributed by atoms with Crippen molar-refractivity contribution in [1.29, 1.82) is 0 Å². The van der Waals surface area contributed by atoms with Gasteiger partial charge >= 0.3 is 5.97 Å². The van der Waals surface area contributed by atoms with Crippen molar-refractivity contribution in [2.75, 3.05) is 32.1 Å². The number of halogens is 1. The molecule has 2 aromatic rings. The molecule has 8 heteroatoms. The number of methoxy groups -OCH3 is 1. The highest BCUT2D eigenvalue weighted by atomic mass is 19.1. The summed E-state index contributed by atoms with van der Waals surface area (Å²) in [5.74, 6) is -1.19. The Kier molecular flexibility index (Phi) is 4.98. The number of fused-ring (bicyclic) bond motifs is 1. The topological polar surface area (TPSA) is 83.8 Å². The molecule has 2 atom stereocenters. The number of aromatic carboxylic acids is 1. The minimum absolute atomic E-state index is 0.0502. The highest BCUT2D eigenvalue weighted by Gasteiger charge is 2.34. The van der Waals surface area contributed by atoms with Gasteiger partial charge in [0.25, 0.3) is 0 Å². The summed E-state index contributed by atoms with van der Waals surface area (Å²) >= 11 is 0. The van der Waals surface area contributed by atoms with Gasteiger partial charge in [0.15, 0.2) is 11.6 Å². The lowest BCUT2D eigenvalue weighted by molar-refractivity contribution is 0.0695. The Balaban J connectivity index is 1.93. The summed E-state index contributed by atoms with van der Waals surface area (Å²) in [5.41, 5.74) is -0.201. The largest absolute Gasteiger partial charge is 0.492 e. The van der Waals surface area contributed by atoms with Crippen LogP contribution in [0.2, 0.25) is 0 Å². The predicted molar refractivity (Wildman–Crippen MR) is 109 cm³/mol. The number of benzene rings is 1. The minimum atomic E-state index is -1.31. The number of nitrogens with zero attached hydrogens (tertiary/aromatic N) is 2. The van der Waals surface area contributed by atoms with Gasteiger partial charge in [-0.15, -0.1) is 0 Å². The summed E-state index contributed by atoms with van der Waals surface area (Å²) in [7, 11) is 3.38. The molecule has 0 unspecified atom stereocenters. The summed E-state index contributed by atoms with van der Waals surface area (Å²) in [4.78, 5) is 26.3. The van der Waals surface area contributed by atoms with Gasteiger partial charge in [-0.05, 0) is 45.2 Å². The number of nitrogens with one attached hydrogen (secondary N) is 1. The maximum atomic E-state index is 15.3. The summed E-state index contributed by atoms with van der Waals surface area (Å²) in [6.45, 7) is 3.48. The number of hydrogen-bond donors (Lipinski definition) is 2. The second kappa shape index (κ2) is 7.33. The van der Waals surface area contributed by atoms with E-state index in [1.165, 1.54) is 19.4 Å². The van der Waals surface area contributed by atoms with E-state index < -0.39 is 17.2 Å². The van der Waals surface area contributed by atoms with Gasteiger partial charge in [-0.1, -0.05) is 0 Å². The Hall–Kier alpha value is -2.61. The third-order valence-electron chi connectivity index (χ3n) is 6.28. The molecule has 2 heterocycles. The average Bonchev–Trinajstić information content (AvgIpc) is 3.43. The standard InChI is InChI=1S/C21H26FN3O4/c1-11(23-2)12-6-7-24(9-12)18-16(22)8-14-17(20(18)29-3)25(13-4-5-13)10-15(19(14)26)21(27)28/h8,10-13,23H,4-7,9H2,1-3H3,(H,27,28)/t11-,12+/m0/s1. The maximum Gasteiger partial charge on any atom is 0.341 e. The number of rotatable bonds is 6. The van der Waals surface area contributed by atoms with Crippen LogP contribution < -0.4 is 20.4 Å². The van der Waals surface area contributed by atoms with Gasteiger partial charge in [0.05, 0.1) is 18.0 Å². The molecule has 1 aliphatic carbocycles. The third kappa shape index (κ3) is 3.25. The molecular weight excluding hydrogens is 377 g/mol. The molecule has 29 heavy (non-hydrogen) atoms. The Bertz CT molecular complexity index is 1030. The maximum absolute atomic E-state index is 15.3. The molecule has 1 saturated carbocycles. The van der Waals surface area contributed by atoms with Crippen molar-refractivity contribution >= 4 is 22.6 Å². The zero-order chi connectivity index (χ0) is 20.9. The molecule has 2 fully saturated rings. The summed E-state index contributed by atoms with van der Waals surface area (Å²) in [5, 5.41) is 12.7. The smallest absolute Gasteiger partial charge is 0.341 e. The van der Waals surface area contributed by atoms with Crippen LogP contribution in [0.15, 0.2) is 17.1 Å². The van der Waals surface area contributed by atoms with E-state index in [1.807, 2.05) is 11.9 Å². The third-order valence-corrected chi connectivity index (χ3v) is 6.28. The van der Waals surface area contributed by atoms with Gasteiger partial charge in [0.2, 0.25) is 5.43 Å². The fourth-order valence-corrected chi connectivity index (χ4v) is 4.36. The van der Waals surface area contributed by atoms with E-state index in [1.54, 1.807) is 4.57 Å². The molecule has 7 nitrogen and oxygen atoms in total. The number of anilines is 1. The van der Waals surface area contributed by atoms with Crippen LogP contribution in [0.25, 0.3) is 10.9 Å². The van der Waals surface area contributed by atoms with Crippen LogP contribution in [0.1, 0.15) is 42.6 Å². The Labute approximate surface area is 168 Å². The molecule has 1 aromatic heterocycles. The molecule has 1 saturated heterocycles. The van der Waals surface area contributed by atoms with E-state index >= 15 is 4.39 Å². The average molecular weight is 403 g/mol. The van der Waals surface area contributed by atoms with Crippen molar-refractivity contribution in [1.82, 2.24) is 9.88 Å². The molecular formula is C21H26FN3O4. The van der Waals surface area contributed by atoms with E-state index in [4.69, 9.17) is 4.74 Å². The van der Waals surface area contributed by atoms with Crippen LogP contribution in [0.3, 0.4) is 0 Å². The molecule has 0 radical (unpaired) electrons. The van der Waals surface area contributed by atoms with E-state index in [-0.39, 0.29) is 17.0 Å². The summed E-state index contributed by atoms with van der Waals surface area (Å²) < 4.78 is 22.7. The molecule has 0 amide bonds. The SMILES string of the molecule is CN[C@@H](C)[C@@H]1CCN(c2c(F)cc3c(=O)c(C(=O)O)cn(C4CC4)c3c2OC)C1. The predicted octanol–water partition coefficient (Wildman–Crippen LogP) is 2.62. The Morgan fingerprint density at radius 1 is 1.38 bits per heavy atom. The first-order valence-corrected chi connectivity index (χ1v) is 9.98. The zero-order valence-corrected chi connectivity index (χ0v) is 16.9. The lowest BCUT2D eigenvalue weighted by atomic mass is 10.0. The van der Waals surface area contributed by atoms with Gasteiger partial charge < -0.3 is 24.6 Å². The van der Waals surface area contributed by atoms with E-state index in [0.29, 0.717) is 42.0 Å².